The van der Waals surface area contributed by atoms with Crippen LogP contribution in [0.1, 0.15) is 23.1 Å². The standard InChI is InChI=1S/C35H25BrCl2F4N8O4S/c1-15-45-33(50(47-15)25-8-28-24(7-21(25)36)46-16(2)55-28)35(49-13-18(11-44-49)20-4-6-23(38)32(42)30(20)40)34(53,9-26(52)27(14-51)54-35)48-12-17(10-43-48)19-3-5-22(37)31(41)29(19)39/h3-8,10-13,26-27,51-53H,9,14H2,1-2H3/t26-,27-,34-,35?/m1/s1. The zero-order valence-electron chi connectivity index (χ0n) is 28.2. The van der Waals surface area contributed by atoms with Gasteiger partial charge in [0.25, 0.3) is 5.72 Å². The fourth-order valence-electron chi connectivity index (χ4n) is 6.75. The first-order valence-corrected chi connectivity index (χ1v) is 18.6. The minimum absolute atomic E-state index is 0.00421. The third-order valence-corrected chi connectivity index (χ3v) is 11.5. The Hall–Kier alpha value is -4.27. The van der Waals surface area contributed by atoms with Crippen LogP contribution in [0.15, 0.2) is 65.7 Å². The fraction of sp³-hybridized carbons (Fsp3) is 0.229. The van der Waals surface area contributed by atoms with Gasteiger partial charge in [0.1, 0.15) is 11.9 Å². The molecule has 0 radical (unpaired) electrons. The van der Waals surface area contributed by atoms with Crippen molar-refractivity contribution in [3.05, 3.63) is 116 Å². The Kier molecular flexibility index (Phi) is 9.40. The van der Waals surface area contributed by atoms with E-state index in [0.29, 0.717) is 15.7 Å². The van der Waals surface area contributed by atoms with Gasteiger partial charge >= 0.3 is 0 Å². The first kappa shape index (κ1) is 37.6. The number of benzene rings is 3. The number of hydrogen-bond donors (Lipinski definition) is 3. The van der Waals surface area contributed by atoms with Crippen molar-refractivity contribution >= 4 is 60.7 Å². The first-order chi connectivity index (χ1) is 26.2. The summed E-state index contributed by atoms with van der Waals surface area (Å²) in [6.45, 7) is 2.65. The lowest BCUT2D eigenvalue weighted by Gasteiger charge is -2.51. The molecule has 5 heterocycles. The number of nitrogens with zero attached hydrogens (tertiary/aromatic N) is 8. The van der Waals surface area contributed by atoms with Gasteiger partial charge in [-0.1, -0.05) is 23.2 Å². The van der Waals surface area contributed by atoms with Gasteiger partial charge < -0.3 is 20.1 Å². The summed E-state index contributed by atoms with van der Waals surface area (Å²) < 4.78 is 71.1. The number of rotatable bonds is 7. The van der Waals surface area contributed by atoms with Crippen LogP contribution in [0, 0.1) is 37.1 Å². The van der Waals surface area contributed by atoms with Crippen LogP contribution in [-0.2, 0) is 16.2 Å². The summed E-state index contributed by atoms with van der Waals surface area (Å²) in [7, 11) is 0. The van der Waals surface area contributed by atoms with Crippen molar-refractivity contribution in [2.75, 3.05) is 6.61 Å². The number of fused-ring (bicyclic) bond motifs is 1. The summed E-state index contributed by atoms with van der Waals surface area (Å²) in [4.78, 5) is 9.27. The second-order valence-corrected chi connectivity index (χ2v) is 15.7. The molecule has 0 aliphatic carbocycles. The molecule has 8 rings (SSSR count). The SMILES string of the molecule is Cc1nc(C2(n3cc(-c4ccc(Cl)c(F)c4F)cn3)O[C@H](CO)[C@H](O)C[C@]2(O)n2cc(-c3ccc(Cl)c(F)c3F)cn2)n(-c2cc3sc(C)nc3cc2Br)n1. The quantitative estimate of drug-likeness (QED) is 0.113. The largest absolute Gasteiger partial charge is 0.394 e. The van der Waals surface area contributed by atoms with Crippen molar-refractivity contribution in [2.45, 2.75) is 43.9 Å². The second kappa shape index (κ2) is 13.7. The lowest BCUT2D eigenvalue weighted by atomic mass is 9.86. The maximum Gasteiger partial charge on any atom is 0.272 e. The third kappa shape index (κ3) is 5.89. The number of hydrogen-bond acceptors (Lipinski definition) is 10. The van der Waals surface area contributed by atoms with Crippen molar-refractivity contribution in [1.82, 2.24) is 39.3 Å². The maximum atomic E-state index is 15.4. The molecule has 20 heteroatoms. The molecule has 55 heavy (non-hydrogen) atoms. The van der Waals surface area contributed by atoms with Crippen LogP contribution in [0.5, 0.6) is 0 Å². The maximum absolute atomic E-state index is 15.4. The molecule has 1 unspecified atom stereocenters. The number of halogens is 7. The summed E-state index contributed by atoms with van der Waals surface area (Å²) in [6.07, 6.45) is 1.11. The summed E-state index contributed by atoms with van der Waals surface area (Å²) in [5.74, 6) is -5.20. The summed E-state index contributed by atoms with van der Waals surface area (Å²) in [6, 6.07) is 8.31. The average Bonchev–Trinajstić information content (AvgIpc) is 3.97. The van der Waals surface area contributed by atoms with Gasteiger partial charge in [0, 0.05) is 45.5 Å². The molecule has 3 aromatic carbocycles. The van der Waals surface area contributed by atoms with E-state index in [0.717, 1.165) is 37.4 Å². The van der Waals surface area contributed by atoms with E-state index in [-0.39, 0.29) is 33.9 Å². The molecule has 7 aromatic rings. The van der Waals surface area contributed by atoms with Gasteiger partial charge in [-0.3, -0.25) is 0 Å². The molecule has 284 valence electrons. The van der Waals surface area contributed by atoms with Crippen LogP contribution in [0.2, 0.25) is 10.0 Å². The van der Waals surface area contributed by atoms with Crippen LogP contribution in [0.3, 0.4) is 0 Å². The molecule has 1 aliphatic heterocycles. The second-order valence-electron chi connectivity index (χ2n) is 12.8. The van der Waals surface area contributed by atoms with Crippen molar-refractivity contribution in [2.24, 2.45) is 0 Å². The zero-order valence-corrected chi connectivity index (χ0v) is 32.1. The summed E-state index contributed by atoms with van der Waals surface area (Å²) in [5.41, 5.74) is -4.58. The van der Waals surface area contributed by atoms with Gasteiger partial charge in [-0.15, -0.1) is 11.3 Å². The van der Waals surface area contributed by atoms with Gasteiger partial charge in [0.05, 0.1) is 56.1 Å². The van der Waals surface area contributed by atoms with Gasteiger partial charge in [-0.25, -0.2) is 41.6 Å². The number of ether oxygens (including phenoxy) is 1. The molecule has 0 amide bonds. The highest BCUT2D eigenvalue weighted by Crippen LogP contribution is 2.50. The van der Waals surface area contributed by atoms with Crippen LogP contribution in [-0.4, -0.2) is 73.4 Å². The van der Waals surface area contributed by atoms with Crippen molar-refractivity contribution in [3.63, 3.8) is 0 Å². The van der Waals surface area contributed by atoms with E-state index in [4.69, 9.17) is 32.9 Å². The molecule has 0 saturated carbocycles. The van der Waals surface area contributed by atoms with E-state index in [1.54, 1.807) is 19.1 Å². The molecular formula is C35H25BrCl2F4N8O4S. The van der Waals surface area contributed by atoms with Crippen LogP contribution in [0.25, 0.3) is 38.2 Å². The Morgan fingerprint density at radius 1 is 0.909 bits per heavy atom. The Morgan fingerprint density at radius 3 is 2.13 bits per heavy atom. The predicted octanol–water partition coefficient (Wildman–Crippen LogP) is 7.04. The smallest absolute Gasteiger partial charge is 0.272 e. The van der Waals surface area contributed by atoms with E-state index in [1.807, 2.05) is 6.92 Å². The van der Waals surface area contributed by atoms with Crippen molar-refractivity contribution < 1.29 is 37.6 Å². The van der Waals surface area contributed by atoms with E-state index in [2.05, 4.69) is 36.2 Å². The average molecular weight is 881 g/mol. The summed E-state index contributed by atoms with van der Waals surface area (Å²) >= 11 is 16.6. The highest BCUT2D eigenvalue weighted by Gasteiger charge is 2.66. The molecule has 0 bridgehead atoms. The van der Waals surface area contributed by atoms with Crippen molar-refractivity contribution in [1.29, 1.82) is 0 Å². The van der Waals surface area contributed by atoms with Crippen LogP contribution < -0.4 is 0 Å². The number of aryl methyl sites for hydroxylation is 2. The molecule has 12 nitrogen and oxygen atoms in total. The first-order valence-electron chi connectivity index (χ1n) is 16.2. The van der Waals surface area contributed by atoms with Gasteiger partial charge in [-0.05, 0) is 66.2 Å². The molecule has 4 atom stereocenters. The number of aromatic nitrogens is 8. The minimum atomic E-state index is -2.63. The Morgan fingerprint density at radius 2 is 1.51 bits per heavy atom. The molecule has 3 N–H and O–H groups in total. The lowest BCUT2D eigenvalue weighted by molar-refractivity contribution is -0.338. The van der Waals surface area contributed by atoms with Crippen molar-refractivity contribution in [3.8, 4) is 27.9 Å². The molecule has 1 aliphatic rings. The zero-order chi connectivity index (χ0) is 39.1. The molecule has 4 aromatic heterocycles. The Balaban J connectivity index is 1.43. The molecule has 0 spiro atoms. The van der Waals surface area contributed by atoms with Gasteiger partial charge in [-0.2, -0.15) is 15.3 Å². The van der Waals surface area contributed by atoms with Gasteiger partial charge in [0.2, 0.25) is 5.72 Å². The Bertz CT molecular complexity index is 2660. The minimum Gasteiger partial charge on any atom is -0.394 e. The molecular weight excluding hydrogens is 855 g/mol. The predicted molar refractivity (Wildman–Crippen MR) is 197 cm³/mol. The normalized spacial score (nSPS) is 21.5. The topological polar surface area (TPSA) is 149 Å². The monoisotopic (exact) mass is 878 g/mol. The van der Waals surface area contributed by atoms with E-state index < -0.39 is 70.0 Å². The Labute approximate surface area is 330 Å². The number of aliphatic hydroxyl groups is 3. The van der Waals surface area contributed by atoms with Crippen LogP contribution in [0.4, 0.5) is 17.6 Å². The van der Waals surface area contributed by atoms with Crippen LogP contribution >= 0.6 is 50.5 Å². The van der Waals surface area contributed by atoms with E-state index in [9.17, 15) is 24.1 Å². The molecule has 1 saturated heterocycles. The number of aliphatic hydroxyl groups excluding tert-OH is 2. The third-order valence-electron chi connectivity index (χ3n) is 9.33. The van der Waals surface area contributed by atoms with Gasteiger partial charge in [0.15, 0.2) is 29.1 Å². The summed E-state index contributed by atoms with van der Waals surface area (Å²) in [5, 5.41) is 48.5. The lowest BCUT2D eigenvalue weighted by Crippen LogP contribution is -2.68. The highest BCUT2D eigenvalue weighted by molar-refractivity contribution is 9.10. The highest BCUT2D eigenvalue weighted by atomic mass is 79.9. The number of thiazole rings is 1. The molecule has 1 fully saturated rings. The van der Waals surface area contributed by atoms with E-state index >= 15 is 8.78 Å². The fourth-order valence-corrected chi connectivity index (χ4v) is 8.38. The van der Waals surface area contributed by atoms with E-state index in [1.165, 1.54) is 46.7 Å².